The van der Waals surface area contributed by atoms with Crippen LogP contribution in [0.2, 0.25) is 0 Å². The van der Waals surface area contributed by atoms with Crippen LogP contribution in [0, 0.1) is 0 Å². The Kier molecular flexibility index (Phi) is 2.42. The molecule has 0 aliphatic carbocycles. The number of benzene rings is 1. The number of aromatic nitrogens is 2. The van der Waals surface area contributed by atoms with Crippen LogP contribution in [-0.4, -0.2) is 16.0 Å². The number of rotatable bonds is 2. The molecule has 0 saturated carbocycles. The lowest BCUT2D eigenvalue weighted by molar-refractivity contribution is 0.104. The average Bonchev–Trinajstić information content (AvgIpc) is 2.91. The van der Waals surface area contributed by atoms with E-state index in [1.54, 1.807) is 0 Å². The highest BCUT2D eigenvalue weighted by molar-refractivity contribution is 7.12. The number of carbonyl (C=O) groups excluding carboxylic acids is 1. The van der Waals surface area contributed by atoms with Crippen LogP contribution < -0.4 is 0 Å². The van der Waals surface area contributed by atoms with E-state index in [1.165, 1.54) is 17.5 Å². The number of carbonyl (C=O) groups is 1. The molecular weight excluding hydrogens is 232 g/mol. The summed E-state index contributed by atoms with van der Waals surface area (Å²) in [7, 11) is 0. The third-order valence-electron chi connectivity index (χ3n) is 2.54. The Morgan fingerprint density at radius 3 is 2.82 bits per heavy atom. The van der Waals surface area contributed by atoms with Crippen LogP contribution in [0.4, 0.5) is 0 Å². The van der Waals surface area contributed by atoms with Crippen molar-refractivity contribution in [2.45, 2.75) is 0 Å². The summed E-state index contributed by atoms with van der Waals surface area (Å²) in [5.41, 5.74) is 1.35. The van der Waals surface area contributed by atoms with Gasteiger partial charge in [0.1, 0.15) is 0 Å². The lowest BCUT2D eigenvalue weighted by atomic mass is 10.1. The number of thiophene rings is 1. The smallest absolute Gasteiger partial charge is 0.205 e. The molecule has 1 aromatic carbocycles. The maximum Gasteiger partial charge on any atom is 0.205 e. The van der Waals surface area contributed by atoms with Crippen molar-refractivity contribution in [3.05, 3.63) is 58.4 Å². The molecule has 3 nitrogen and oxygen atoms in total. The number of nitrogens with zero attached hydrogens (tertiary/aromatic N) is 2. The summed E-state index contributed by atoms with van der Waals surface area (Å²) < 4.78 is 0. The van der Waals surface area contributed by atoms with Crippen LogP contribution in [-0.2, 0) is 0 Å². The SMILES string of the molecule is O=C(c1cccs1)c1cnnc2ccccc12. The highest BCUT2D eigenvalue weighted by atomic mass is 32.1. The third-order valence-corrected chi connectivity index (χ3v) is 3.40. The van der Waals surface area contributed by atoms with Crippen LogP contribution in [0.5, 0.6) is 0 Å². The molecule has 0 N–H and O–H groups in total. The quantitative estimate of drug-likeness (QED) is 0.647. The number of ketones is 1. The molecule has 2 aromatic heterocycles. The van der Waals surface area contributed by atoms with E-state index < -0.39 is 0 Å². The zero-order valence-electron chi connectivity index (χ0n) is 8.83. The van der Waals surface area contributed by atoms with E-state index >= 15 is 0 Å². The predicted octanol–water partition coefficient (Wildman–Crippen LogP) is 2.92. The maximum absolute atomic E-state index is 12.3. The van der Waals surface area contributed by atoms with Crippen LogP contribution in [0.3, 0.4) is 0 Å². The first kappa shape index (κ1) is 10.1. The number of fused-ring (bicyclic) bond motifs is 1. The van der Waals surface area contributed by atoms with Gasteiger partial charge in [-0.05, 0) is 17.5 Å². The molecule has 0 spiro atoms. The number of hydrogen-bond donors (Lipinski definition) is 0. The second kappa shape index (κ2) is 4.07. The Labute approximate surface area is 102 Å². The van der Waals surface area contributed by atoms with Crippen molar-refractivity contribution < 1.29 is 4.79 Å². The molecule has 4 heteroatoms. The van der Waals surface area contributed by atoms with Crippen molar-refractivity contribution in [1.82, 2.24) is 10.2 Å². The fourth-order valence-electron chi connectivity index (χ4n) is 1.73. The average molecular weight is 240 g/mol. The van der Waals surface area contributed by atoms with Crippen molar-refractivity contribution >= 4 is 28.0 Å². The van der Waals surface area contributed by atoms with Gasteiger partial charge in [-0.1, -0.05) is 24.3 Å². The molecule has 0 unspecified atom stereocenters. The molecule has 0 bridgehead atoms. The monoisotopic (exact) mass is 240 g/mol. The van der Waals surface area contributed by atoms with Crippen molar-refractivity contribution in [2.75, 3.05) is 0 Å². The van der Waals surface area contributed by atoms with E-state index in [9.17, 15) is 4.79 Å². The molecule has 0 amide bonds. The summed E-state index contributed by atoms with van der Waals surface area (Å²) in [5, 5.41) is 10.6. The van der Waals surface area contributed by atoms with E-state index in [0.29, 0.717) is 5.56 Å². The molecule has 0 aliphatic heterocycles. The highest BCUT2D eigenvalue weighted by Gasteiger charge is 2.13. The van der Waals surface area contributed by atoms with Gasteiger partial charge in [0.15, 0.2) is 0 Å². The molecule has 2 heterocycles. The normalized spacial score (nSPS) is 10.6. The summed E-state index contributed by atoms with van der Waals surface area (Å²) in [6.07, 6.45) is 1.53. The molecule has 0 aliphatic rings. The van der Waals surface area contributed by atoms with Crippen molar-refractivity contribution in [3.8, 4) is 0 Å². The minimum absolute atomic E-state index is 0.00565. The van der Waals surface area contributed by atoms with Crippen molar-refractivity contribution in [1.29, 1.82) is 0 Å². The summed E-state index contributed by atoms with van der Waals surface area (Å²) in [5.74, 6) is 0.00565. The Morgan fingerprint density at radius 1 is 1.12 bits per heavy atom. The second-order valence-electron chi connectivity index (χ2n) is 3.58. The molecule has 17 heavy (non-hydrogen) atoms. The van der Waals surface area contributed by atoms with Gasteiger partial charge in [-0.2, -0.15) is 10.2 Å². The predicted molar refractivity (Wildman–Crippen MR) is 67.3 cm³/mol. The van der Waals surface area contributed by atoms with E-state index in [0.717, 1.165) is 15.8 Å². The molecule has 82 valence electrons. The number of hydrogen-bond acceptors (Lipinski definition) is 4. The largest absolute Gasteiger partial charge is 0.288 e. The summed E-state index contributed by atoms with van der Waals surface area (Å²) in [6, 6.07) is 11.2. The van der Waals surface area contributed by atoms with Crippen LogP contribution in [0.25, 0.3) is 10.9 Å². The van der Waals surface area contributed by atoms with E-state index in [2.05, 4.69) is 10.2 Å². The van der Waals surface area contributed by atoms with Gasteiger partial charge in [-0.3, -0.25) is 4.79 Å². The molecule has 0 atom stereocenters. The maximum atomic E-state index is 12.3. The molecule has 0 saturated heterocycles. The van der Waals surface area contributed by atoms with Gasteiger partial charge in [0.05, 0.1) is 22.2 Å². The van der Waals surface area contributed by atoms with E-state index in [1.807, 2.05) is 41.8 Å². The minimum atomic E-state index is 0.00565. The van der Waals surface area contributed by atoms with Gasteiger partial charge in [0.25, 0.3) is 0 Å². The fourth-order valence-corrected chi connectivity index (χ4v) is 2.41. The van der Waals surface area contributed by atoms with Crippen molar-refractivity contribution in [3.63, 3.8) is 0 Å². The van der Waals surface area contributed by atoms with Crippen LogP contribution >= 0.6 is 11.3 Å². The summed E-state index contributed by atoms with van der Waals surface area (Å²) in [4.78, 5) is 13.0. The van der Waals surface area contributed by atoms with E-state index in [4.69, 9.17) is 0 Å². The summed E-state index contributed by atoms with van der Waals surface area (Å²) >= 11 is 1.44. The lowest BCUT2D eigenvalue weighted by Gasteiger charge is -2.02. The summed E-state index contributed by atoms with van der Waals surface area (Å²) in [6.45, 7) is 0. The molecule has 3 aromatic rings. The Bertz CT molecular complexity index is 671. The molecule has 0 fully saturated rings. The minimum Gasteiger partial charge on any atom is -0.288 e. The van der Waals surface area contributed by atoms with Gasteiger partial charge in [0, 0.05) is 5.39 Å². The van der Waals surface area contributed by atoms with Crippen LogP contribution in [0.1, 0.15) is 15.2 Å². The highest BCUT2D eigenvalue weighted by Crippen LogP contribution is 2.20. The van der Waals surface area contributed by atoms with Crippen molar-refractivity contribution in [2.24, 2.45) is 0 Å². The Morgan fingerprint density at radius 2 is 2.00 bits per heavy atom. The van der Waals surface area contributed by atoms with E-state index in [-0.39, 0.29) is 5.78 Å². The van der Waals surface area contributed by atoms with Gasteiger partial charge in [-0.25, -0.2) is 0 Å². The lowest BCUT2D eigenvalue weighted by Crippen LogP contribution is -2.01. The zero-order chi connectivity index (χ0) is 11.7. The zero-order valence-corrected chi connectivity index (χ0v) is 9.65. The fraction of sp³-hybridized carbons (Fsp3) is 0. The second-order valence-corrected chi connectivity index (χ2v) is 4.53. The first-order valence-electron chi connectivity index (χ1n) is 5.15. The standard InChI is InChI=1S/C13H8N2OS/c16-13(12-6-3-7-17-12)10-8-14-15-11-5-2-1-4-9(10)11/h1-8H. The first-order chi connectivity index (χ1) is 8.36. The first-order valence-corrected chi connectivity index (χ1v) is 6.03. The molecule has 0 radical (unpaired) electrons. The van der Waals surface area contributed by atoms with Gasteiger partial charge in [-0.15, -0.1) is 11.3 Å². The third kappa shape index (κ3) is 1.72. The topological polar surface area (TPSA) is 42.9 Å². The Balaban J connectivity index is 2.21. The molecule has 3 rings (SSSR count). The van der Waals surface area contributed by atoms with Crippen LogP contribution in [0.15, 0.2) is 48.0 Å². The Hall–Kier alpha value is -2.07. The van der Waals surface area contributed by atoms with Gasteiger partial charge < -0.3 is 0 Å². The van der Waals surface area contributed by atoms with Gasteiger partial charge >= 0.3 is 0 Å². The van der Waals surface area contributed by atoms with Gasteiger partial charge in [0.2, 0.25) is 5.78 Å². The molecular formula is C13H8N2OS.